The number of nitrogens with zero attached hydrogens (tertiary/aromatic N) is 1. The Kier molecular flexibility index (Phi) is 7.45. The van der Waals surface area contributed by atoms with Crippen molar-refractivity contribution < 1.29 is 24.6 Å². The summed E-state index contributed by atoms with van der Waals surface area (Å²) < 4.78 is 0. The Morgan fingerprint density at radius 1 is 1.22 bits per heavy atom. The normalized spacial score (nSPS) is 11.9. The van der Waals surface area contributed by atoms with Crippen molar-refractivity contribution in [3.05, 3.63) is 0 Å². The minimum absolute atomic E-state index is 0.147. The zero-order valence-electron chi connectivity index (χ0n) is 10.5. The molecular weight excluding hydrogens is 242 g/mol. The summed E-state index contributed by atoms with van der Waals surface area (Å²) >= 11 is 0. The molecule has 18 heavy (non-hydrogen) atoms. The molecule has 8 nitrogen and oxygen atoms in total. The van der Waals surface area contributed by atoms with Gasteiger partial charge >= 0.3 is 18.0 Å². The van der Waals surface area contributed by atoms with E-state index in [0.29, 0.717) is 13.1 Å². The largest absolute Gasteiger partial charge is 0.481 e. The van der Waals surface area contributed by atoms with Gasteiger partial charge in [0.15, 0.2) is 0 Å². The average Bonchev–Trinajstić information content (AvgIpc) is 2.22. The van der Waals surface area contributed by atoms with E-state index in [1.807, 2.05) is 19.0 Å². The van der Waals surface area contributed by atoms with Crippen molar-refractivity contribution in [1.82, 2.24) is 15.5 Å². The van der Waals surface area contributed by atoms with E-state index in [-0.39, 0.29) is 12.8 Å². The molecule has 0 aromatic carbocycles. The molecule has 4 N–H and O–H groups in total. The van der Waals surface area contributed by atoms with E-state index in [9.17, 15) is 14.4 Å². The first kappa shape index (κ1) is 16.2. The fourth-order valence-electron chi connectivity index (χ4n) is 1.13. The van der Waals surface area contributed by atoms with Crippen LogP contribution < -0.4 is 10.6 Å². The minimum atomic E-state index is -1.25. The molecule has 0 saturated heterocycles. The van der Waals surface area contributed by atoms with E-state index >= 15 is 0 Å². The smallest absolute Gasteiger partial charge is 0.326 e. The number of hydrogen-bond donors (Lipinski definition) is 4. The average molecular weight is 261 g/mol. The lowest BCUT2D eigenvalue weighted by Gasteiger charge is -2.15. The molecule has 104 valence electrons. The Morgan fingerprint density at radius 2 is 1.83 bits per heavy atom. The minimum Gasteiger partial charge on any atom is -0.481 e. The second kappa shape index (κ2) is 8.29. The summed E-state index contributed by atoms with van der Waals surface area (Å²) in [6.45, 7) is 1.00. The molecule has 0 aliphatic rings. The molecule has 0 bridgehead atoms. The number of hydrogen-bond acceptors (Lipinski definition) is 4. The summed E-state index contributed by atoms with van der Waals surface area (Å²) in [4.78, 5) is 34.3. The summed E-state index contributed by atoms with van der Waals surface area (Å²) in [5.41, 5.74) is 0. The Hall–Kier alpha value is -1.83. The van der Waals surface area contributed by atoms with Crippen molar-refractivity contribution in [2.45, 2.75) is 18.9 Å². The van der Waals surface area contributed by atoms with Crippen LogP contribution in [0.1, 0.15) is 12.8 Å². The number of carbonyl (C=O) groups is 3. The highest BCUT2D eigenvalue weighted by Gasteiger charge is 2.20. The van der Waals surface area contributed by atoms with Gasteiger partial charge in [-0.05, 0) is 20.5 Å². The Labute approximate surface area is 105 Å². The Balaban J connectivity index is 4.04. The first-order valence-electron chi connectivity index (χ1n) is 5.46. The van der Waals surface area contributed by atoms with Crippen LogP contribution in [-0.2, 0) is 9.59 Å². The van der Waals surface area contributed by atoms with Crippen LogP contribution in [0.25, 0.3) is 0 Å². The maximum atomic E-state index is 11.3. The predicted octanol–water partition coefficient (Wildman–Crippen LogP) is -0.835. The highest BCUT2D eigenvalue weighted by molar-refractivity contribution is 5.82. The van der Waals surface area contributed by atoms with E-state index in [1.54, 1.807) is 0 Å². The number of rotatable bonds is 8. The van der Waals surface area contributed by atoms with E-state index < -0.39 is 24.0 Å². The zero-order chi connectivity index (χ0) is 14.1. The van der Waals surface area contributed by atoms with Gasteiger partial charge in [-0.2, -0.15) is 0 Å². The van der Waals surface area contributed by atoms with E-state index in [4.69, 9.17) is 10.2 Å². The number of likely N-dealkylation sites (N-methyl/N-ethyl adjacent to an activating group) is 1. The van der Waals surface area contributed by atoms with Crippen LogP contribution >= 0.6 is 0 Å². The summed E-state index contributed by atoms with van der Waals surface area (Å²) in [7, 11) is 3.68. The van der Waals surface area contributed by atoms with Crippen LogP contribution in [0.5, 0.6) is 0 Å². The summed E-state index contributed by atoms with van der Waals surface area (Å²) in [5.74, 6) is -2.35. The molecule has 0 aromatic heterocycles. The Morgan fingerprint density at radius 3 is 2.28 bits per heavy atom. The molecule has 0 rings (SSSR count). The third-order valence-corrected chi connectivity index (χ3v) is 2.09. The van der Waals surface area contributed by atoms with Crippen LogP contribution in [0, 0.1) is 0 Å². The quantitative estimate of drug-likeness (QED) is 0.452. The molecule has 0 aliphatic heterocycles. The fraction of sp³-hybridized carbons (Fsp3) is 0.700. The lowest BCUT2D eigenvalue weighted by atomic mass is 10.1. The van der Waals surface area contributed by atoms with Gasteiger partial charge in [0, 0.05) is 19.5 Å². The van der Waals surface area contributed by atoms with Crippen molar-refractivity contribution in [2.75, 3.05) is 27.2 Å². The number of urea groups is 1. The maximum absolute atomic E-state index is 11.3. The van der Waals surface area contributed by atoms with Crippen LogP contribution in [0.2, 0.25) is 0 Å². The monoisotopic (exact) mass is 261 g/mol. The van der Waals surface area contributed by atoms with Gasteiger partial charge in [0.1, 0.15) is 6.04 Å². The van der Waals surface area contributed by atoms with Crippen molar-refractivity contribution in [2.24, 2.45) is 0 Å². The van der Waals surface area contributed by atoms with Crippen LogP contribution in [0.3, 0.4) is 0 Å². The summed E-state index contributed by atoms with van der Waals surface area (Å²) in [6, 6.07) is -1.81. The molecule has 8 heteroatoms. The SMILES string of the molecule is CN(C)CCNC(=O)NC(CCC(=O)O)C(=O)O. The van der Waals surface area contributed by atoms with Gasteiger partial charge in [-0.25, -0.2) is 9.59 Å². The van der Waals surface area contributed by atoms with Gasteiger partial charge in [0.05, 0.1) is 0 Å². The topological polar surface area (TPSA) is 119 Å². The first-order valence-corrected chi connectivity index (χ1v) is 5.46. The second-order valence-electron chi connectivity index (χ2n) is 4.03. The zero-order valence-corrected chi connectivity index (χ0v) is 10.5. The second-order valence-corrected chi connectivity index (χ2v) is 4.03. The van der Waals surface area contributed by atoms with Crippen molar-refractivity contribution in [3.8, 4) is 0 Å². The first-order chi connectivity index (χ1) is 8.32. The molecule has 1 atom stereocenters. The summed E-state index contributed by atoms with van der Waals surface area (Å²) in [5, 5.41) is 22.0. The van der Waals surface area contributed by atoms with Gasteiger partial charge in [0.25, 0.3) is 0 Å². The molecule has 0 heterocycles. The molecule has 0 aliphatic carbocycles. The predicted molar refractivity (Wildman–Crippen MR) is 63.4 cm³/mol. The third-order valence-electron chi connectivity index (χ3n) is 2.09. The molecule has 0 saturated carbocycles. The molecule has 0 radical (unpaired) electrons. The number of carboxylic acid groups (broad SMARTS) is 2. The number of carbonyl (C=O) groups excluding carboxylic acids is 1. The number of nitrogens with one attached hydrogen (secondary N) is 2. The highest BCUT2D eigenvalue weighted by atomic mass is 16.4. The van der Waals surface area contributed by atoms with Gasteiger partial charge in [-0.15, -0.1) is 0 Å². The van der Waals surface area contributed by atoms with Gasteiger partial charge in [-0.1, -0.05) is 0 Å². The molecule has 0 aromatic rings. The van der Waals surface area contributed by atoms with E-state index in [0.717, 1.165) is 0 Å². The van der Waals surface area contributed by atoms with Crippen molar-refractivity contribution in [1.29, 1.82) is 0 Å². The van der Waals surface area contributed by atoms with Gasteiger partial charge in [0.2, 0.25) is 0 Å². The van der Waals surface area contributed by atoms with Crippen molar-refractivity contribution in [3.63, 3.8) is 0 Å². The molecular formula is C10H19N3O5. The molecule has 2 amide bonds. The number of carboxylic acids is 2. The standard InChI is InChI=1S/C10H19N3O5/c1-13(2)6-5-11-10(18)12-7(9(16)17)3-4-8(14)15/h7H,3-6H2,1-2H3,(H,14,15)(H,16,17)(H2,11,12,18). The molecule has 0 spiro atoms. The van der Waals surface area contributed by atoms with Crippen LogP contribution in [-0.4, -0.2) is 66.3 Å². The maximum Gasteiger partial charge on any atom is 0.326 e. The third kappa shape index (κ3) is 8.34. The molecule has 0 fully saturated rings. The van der Waals surface area contributed by atoms with Gasteiger partial charge < -0.3 is 25.7 Å². The van der Waals surface area contributed by atoms with Crippen LogP contribution in [0.15, 0.2) is 0 Å². The Bertz CT molecular complexity index is 306. The lowest BCUT2D eigenvalue weighted by Crippen LogP contribution is -2.47. The summed E-state index contributed by atoms with van der Waals surface area (Å²) in [6.07, 6.45) is -0.458. The number of amides is 2. The van der Waals surface area contributed by atoms with Crippen LogP contribution in [0.4, 0.5) is 4.79 Å². The number of aliphatic carboxylic acids is 2. The fourth-order valence-corrected chi connectivity index (χ4v) is 1.13. The lowest BCUT2D eigenvalue weighted by molar-refractivity contribution is -0.140. The van der Waals surface area contributed by atoms with Gasteiger partial charge in [-0.3, -0.25) is 4.79 Å². The van der Waals surface area contributed by atoms with Crippen molar-refractivity contribution >= 4 is 18.0 Å². The molecule has 1 unspecified atom stereocenters. The van der Waals surface area contributed by atoms with E-state index in [1.165, 1.54) is 0 Å². The highest BCUT2D eigenvalue weighted by Crippen LogP contribution is 1.97. The van der Waals surface area contributed by atoms with E-state index in [2.05, 4.69) is 10.6 Å².